The summed E-state index contributed by atoms with van der Waals surface area (Å²) in [5.74, 6) is 1.34. The van der Waals surface area contributed by atoms with Gasteiger partial charge in [0.05, 0.1) is 12.0 Å². The minimum absolute atomic E-state index is 0.127. The average Bonchev–Trinajstić information content (AvgIpc) is 2.35. The van der Waals surface area contributed by atoms with Crippen LogP contribution in [0, 0.1) is 5.92 Å². The first-order valence-electron chi connectivity index (χ1n) is 5.99. The molecule has 0 aromatic heterocycles. The zero-order chi connectivity index (χ0) is 13.7. The number of Topliss-reactive ketones (excluding diaryl/α,β-unsaturated/α-hetero) is 1. The highest BCUT2D eigenvalue weighted by Gasteiger charge is 2.12. The van der Waals surface area contributed by atoms with E-state index >= 15 is 0 Å². The lowest BCUT2D eigenvalue weighted by atomic mass is 10.0. The minimum Gasteiger partial charge on any atom is -0.497 e. The van der Waals surface area contributed by atoms with Gasteiger partial charge in [0, 0.05) is 4.90 Å². The van der Waals surface area contributed by atoms with Crippen molar-refractivity contribution in [1.82, 2.24) is 0 Å². The number of ketones is 1. The summed E-state index contributed by atoms with van der Waals surface area (Å²) in [6, 6.07) is 7.76. The van der Waals surface area contributed by atoms with Crippen LogP contribution in [0.15, 0.2) is 39.6 Å². The molecule has 0 unspecified atom stereocenters. The van der Waals surface area contributed by atoms with E-state index in [9.17, 15) is 4.79 Å². The molecule has 1 aromatic carbocycles. The van der Waals surface area contributed by atoms with Crippen LogP contribution in [0.5, 0.6) is 5.75 Å². The Bertz CT molecular complexity index is 444. The maximum Gasteiger partial charge on any atom is 0.166 e. The minimum atomic E-state index is 0.127. The van der Waals surface area contributed by atoms with E-state index in [0.717, 1.165) is 21.1 Å². The van der Waals surface area contributed by atoms with Crippen molar-refractivity contribution in [3.05, 3.63) is 34.7 Å². The maximum atomic E-state index is 11.7. The van der Waals surface area contributed by atoms with E-state index in [2.05, 4.69) is 13.8 Å². The Morgan fingerprint density at radius 1 is 1.17 bits per heavy atom. The molecule has 0 aliphatic heterocycles. The predicted molar refractivity (Wildman–Crippen MR) is 77.1 cm³/mol. The highest BCUT2D eigenvalue weighted by atomic mass is 32.2. The van der Waals surface area contributed by atoms with Gasteiger partial charge in [-0.05, 0) is 44.0 Å². The van der Waals surface area contributed by atoms with Crippen molar-refractivity contribution in [2.45, 2.75) is 32.6 Å². The topological polar surface area (TPSA) is 26.3 Å². The first kappa shape index (κ1) is 14.8. The number of carbonyl (C=O) groups is 1. The van der Waals surface area contributed by atoms with Crippen molar-refractivity contribution in [3.63, 3.8) is 0 Å². The van der Waals surface area contributed by atoms with Crippen LogP contribution in [-0.2, 0) is 4.79 Å². The van der Waals surface area contributed by atoms with E-state index in [0.29, 0.717) is 5.92 Å². The lowest BCUT2D eigenvalue weighted by Crippen LogP contribution is -2.01. The summed E-state index contributed by atoms with van der Waals surface area (Å²) in [5, 5.41) is 0. The molecule has 0 heterocycles. The van der Waals surface area contributed by atoms with E-state index in [1.807, 2.05) is 31.2 Å². The Morgan fingerprint density at radius 2 is 1.72 bits per heavy atom. The summed E-state index contributed by atoms with van der Waals surface area (Å²) in [6.45, 7) is 7.86. The zero-order valence-electron chi connectivity index (χ0n) is 11.6. The number of rotatable bonds is 5. The molecule has 2 nitrogen and oxygen atoms in total. The third kappa shape index (κ3) is 3.91. The molecule has 0 radical (unpaired) electrons. The van der Waals surface area contributed by atoms with Gasteiger partial charge in [-0.2, -0.15) is 0 Å². The second-order valence-corrected chi connectivity index (χ2v) is 5.58. The Balaban J connectivity index is 2.97. The molecule has 0 saturated carbocycles. The van der Waals surface area contributed by atoms with Crippen LogP contribution in [0.25, 0.3) is 0 Å². The lowest BCUT2D eigenvalue weighted by Gasteiger charge is -2.12. The van der Waals surface area contributed by atoms with Crippen LogP contribution >= 0.6 is 11.8 Å². The van der Waals surface area contributed by atoms with E-state index in [1.165, 1.54) is 11.8 Å². The molecule has 0 amide bonds. The highest BCUT2D eigenvalue weighted by molar-refractivity contribution is 8.04. The summed E-state index contributed by atoms with van der Waals surface area (Å²) < 4.78 is 5.12. The Labute approximate surface area is 113 Å². The van der Waals surface area contributed by atoms with Gasteiger partial charge in [-0.3, -0.25) is 4.79 Å². The summed E-state index contributed by atoms with van der Waals surface area (Å²) in [5.41, 5.74) is 1.14. The van der Waals surface area contributed by atoms with Gasteiger partial charge >= 0.3 is 0 Å². The molecule has 0 N–H and O–H groups in total. The fourth-order valence-corrected chi connectivity index (χ4v) is 2.50. The molecule has 0 aliphatic rings. The number of methoxy groups -OCH3 is 1. The van der Waals surface area contributed by atoms with Gasteiger partial charge in [0.1, 0.15) is 5.75 Å². The van der Waals surface area contributed by atoms with E-state index in [4.69, 9.17) is 4.74 Å². The van der Waals surface area contributed by atoms with Crippen molar-refractivity contribution < 1.29 is 9.53 Å². The summed E-state index contributed by atoms with van der Waals surface area (Å²) in [7, 11) is 1.64. The fraction of sp³-hybridized carbons (Fsp3) is 0.400. The SMILES string of the molecule is COc1ccc(S/C(C(C)=O)=C(/C)C(C)C)cc1. The molecule has 0 spiro atoms. The molecule has 98 valence electrons. The smallest absolute Gasteiger partial charge is 0.166 e. The molecule has 0 aliphatic carbocycles. The van der Waals surface area contributed by atoms with Crippen LogP contribution < -0.4 is 4.74 Å². The Morgan fingerprint density at radius 3 is 2.11 bits per heavy atom. The van der Waals surface area contributed by atoms with Crippen LogP contribution in [0.4, 0.5) is 0 Å². The number of hydrogen-bond acceptors (Lipinski definition) is 3. The van der Waals surface area contributed by atoms with Crippen molar-refractivity contribution in [1.29, 1.82) is 0 Å². The molecule has 0 atom stereocenters. The molecule has 18 heavy (non-hydrogen) atoms. The molecule has 1 aromatic rings. The third-order valence-electron chi connectivity index (χ3n) is 2.82. The van der Waals surface area contributed by atoms with Crippen LogP contribution in [0.1, 0.15) is 27.7 Å². The first-order chi connectivity index (χ1) is 8.45. The quantitative estimate of drug-likeness (QED) is 0.585. The van der Waals surface area contributed by atoms with Crippen molar-refractivity contribution in [2.75, 3.05) is 7.11 Å². The van der Waals surface area contributed by atoms with Gasteiger partial charge in [-0.25, -0.2) is 0 Å². The van der Waals surface area contributed by atoms with Gasteiger partial charge in [-0.1, -0.05) is 31.2 Å². The number of thioether (sulfide) groups is 1. The van der Waals surface area contributed by atoms with Gasteiger partial charge in [-0.15, -0.1) is 0 Å². The first-order valence-corrected chi connectivity index (χ1v) is 6.81. The molecule has 3 heteroatoms. The van der Waals surface area contributed by atoms with E-state index in [-0.39, 0.29) is 5.78 Å². The normalized spacial score (nSPS) is 12.3. The second-order valence-electron chi connectivity index (χ2n) is 4.50. The standard InChI is InChI=1S/C15H20O2S/c1-10(2)11(3)15(12(4)16)18-14-8-6-13(17-5)7-9-14/h6-10H,1-5H3/b15-11-. The van der Waals surface area contributed by atoms with Crippen molar-refractivity contribution in [3.8, 4) is 5.75 Å². The van der Waals surface area contributed by atoms with Crippen molar-refractivity contribution in [2.24, 2.45) is 5.92 Å². The maximum absolute atomic E-state index is 11.7. The fourth-order valence-electron chi connectivity index (χ4n) is 1.45. The molecular formula is C15H20O2S. The van der Waals surface area contributed by atoms with Gasteiger partial charge in [0.15, 0.2) is 5.78 Å². The third-order valence-corrected chi connectivity index (χ3v) is 4.14. The molecule has 0 saturated heterocycles. The Hall–Kier alpha value is -1.22. The molecule has 0 bridgehead atoms. The number of allylic oxidation sites excluding steroid dienone is 2. The van der Waals surface area contributed by atoms with Gasteiger partial charge < -0.3 is 4.74 Å². The Kier molecular flexibility index (Phi) is 5.48. The molecule has 1 rings (SSSR count). The van der Waals surface area contributed by atoms with Gasteiger partial charge in [0.2, 0.25) is 0 Å². The number of hydrogen-bond donors (Lipinski definition) is 0. The van der Waals surface area contributed by atoms with Gasteiger partial charge in [0.25, 0.3) is 0 Å². The molecular weight excluding hydrogens is 244 g/mol. The van der Waals surface area contributed by atoms with E-state index < -0.39 is 0 Å². The van der Waals surface area contributed by atoms with Crippen LogP contribution in [0.2, 0.25) is 0 Å². The van der Waals surface area contributed by atoms with Crippen molar-refractivity contribution >= 4 is 17.5 Å². The summed E-state index contributed by atoms with van der Waals surface area (Å²) >= 11 is 1.53. The monoisotopic (exact) mass is 264 g/mol. The average molecular weight is 264 g/mol. The van der Waals surface area contributed by atoms with Crippen LogP contribution in [0.3, 0.4) is 0 Å². The number of carbonyl (C=O) groups excluding carboxylic acids is 1. The number of benzene rings is 1. The zero-order valence-corrected chi connectivity index (χ0v) is 12.4. The van der Waals surface area contributed by atoms with E-state index in [1.54, 1.807) is 14.0 Å². The highest BCUT2D eigenvalue weighted by Crippen LogP contribution is 2.32. The van der Waals surface area contributed by atoms with Crippen LogP contribution in [-0.4, -0.2) is 12.9 Å². The lowest BCUT2D eigenvalue weighted by molar-refractivity contribution is -0.113. The second kappa shape index (κ2) is 6.64. The molecule has 0 fully saturated rings. The number of ether oxygens (including phenoxy) is 1. The predicted octanol–water partition coefficient (Wildman–Crippen LogP) is 4.31. The summed E-state index contributed by atoms with van der Waals surface area (Å²) in [6.07, 6.45) is 0. The largest absolute Gasteiger partial charge is 0.497 e. The summed E-state index contributed by atoms with van der Waals surface area (Å²) in [4.78, 5) is 13.6.